The number of para-hydroxylation sites is 1. The fourth-order valence-electron chi connectivity index (χ4n) is 2.30. The highest BCUT2D eigenvalue weighted by molar-refractivity contribution is 9.08. The average Bonchev–Trinajstić information content (AvgIpc) is 2.46. The van der Waals surface area contributed by atoms with Gasteiger partial charge in [-0.15, -0.1) is 0 Å². The maximum Gasteiger partial charge on any atom is 0.133 e. The molecule has 2 aromatic rings. The quantitative estimate of drug-likeness (QED) is 0.784. The Morgan fingerprint density at radius 3 is 2.78 bits per heavy atom. The van der Waals surface area contributed by atoms with Gasteiger partial charge in [0.25, 0.3) is 0 Å². The van der Waals surface area contributed by atoms with E-state index in [1.807, 2.05) is 11.8 Å². The summed E-state index contributed by atoms with van der Waals surface area (Å²) < 4.78 is 0. The van der Waals surface area contributed by atoms with Gasteiger partial charge in [-0.1, -0.05) is 34.1 Å². The second-order valence-electron chi connectivity index (χ2n) is 4.40. The third-order valence-corrected chi connectivity index (χ3v) is 4.78. The van der Waals surface area contributed by atoms with Gasteiger partial charge in [0.1, 0.15) is 5.82 Å². The summed E-state index contributed by atoms with van der Waals surface area (Å²) in [6, 6.07) is 10.6. The van der Waals surface area contributed by atoms with E-state index in [0.29, 0.717) is 0 Å². The van der Waals surface area contributed by atoms with Gasteiger partial charge in [-0.05, 0) is 12.1 Å². The molecule has 1 fully saturated rings. The van der Waals surface area contributed by atoms with Crippen LogP contribution in [0.2, 0.25) is 0 Å². The number of fused-ring (bicyclic) bond motifs is 1. The lowest BCUT2D eigenvalue weighted by Gasteiger charge is -2.29. The molecule has 1 aromatic heterocycles. The van der Waals surface area contributed by atoms with Crippen molar-refractivity contribution in [2.75, 3.05) is 29.5 Å². The van der Waals surface area contributed by atoms with Gasteiger partial charge >= 0.3 is 0 Å². The first-order valence-electron chi connectivity index (χ1n) is 6.16. The van der Waals surface area contributed by atoms with Crippen molar-refractivity contribution < 1.29 is 0 Å². The molecular formula is C14H15BrN2S. The Hall–Kier alpha value is -0.740. The van der Waals surface area contributed by atoms with E-state index in [4.69, 9.17) is 4.98 Å². The van der Waals surface area contributed by atoms with Crippen molar-refractivity contribution in [2.45, 2.75) is 5.33 Å². The first-order valence-corrected chi connectivity index (χ1v) is 8.43. The molecule has 0 radical (unpaired) electrons. The first-order chi connectivity index (χ1) is 8.88. The molecule has 0 unspecified atom stereocenters. The molecule has 18 heavy (non-hydrogen) atoms. The van der Waals surface area contributed by atoms with Gasteiger partial charge < -0.3 is 4.90 Å². The topological polar surface area (TPSA) is 16.1 Å². The van der Waals surface area contributed by atoms with Crippen LogP contribution in [0, 0.1) is 0 Å². The van der Waals surface area contributed by atoms with Crippen molar-refractivity contribution >= 4 is 44.4 Å². The highest BCUT2D eigenvalue weighted by atomic mass is 79.9. The molecule has 1 aliphatic rings. The van der Waals surface area contributed by atoms with Crippen LogP contribution in [0.4, 0.5) is 5.82 Å². The molecule has 0 saturated carbocycles. The average molecular weight is 323 g/mol. The lowest BCUT2D eigenvalue weighted by Crippen LogP contribution is -2.33. The van der Waals surface area contributed by atoms with E-state index in [-0.39, 0.29) is 0 Å². The van der Waals surface area contributed by atoms with Gasteiger partial charge in [0, 0.05) is 40.9 Å². The molecule has 0 aliphatic carbocycles. The Morgan fingerprint density at radius 2 is 2.00 bits per heavy atom. The maximum atomic E-state index is 4.86. The molecule has 0 bridgehead atoms. The second-order valence-corrected chi connectivity index (χ2v) is 6.18. The summed E-state index contributed by atoms with van der Waals surface area (Å²) in [5.74, 6) is 3.57. The van der Waals surface area contributed by atoms with Gasteiger partial charge in [0.05, 0.1) is 5.52 Å². The predicted octanol–water partition coefficient (Wildman–Crippen LogP) is 3.68. The summed E-state index contributed by atoms with van der Waals surface area (Å²) in [5.41, 5.74) is 2.39. The summed E-state index contributed by atoms with van der Waals surface area (Å²) in [6.45, 7) is 2.21. The summed E-state index contributed by atoms with van der Waals surface area (Å²) in [7, 11) is 0. The van der Waals surface area contributed by atoms with E-state index in [2.05, 4.69) is 51.2 Å². The van der Waals surface area contributed by atoms with Crippen LogP contribution >= 0.6 is 27.7 Å². The van der Waals surface area contributed by atoms with Crippen molar-refractivity contribution in [3.63, 3.8) is 0 Å². The Bertz CT molecular complexity index is 552. The number of alkyl halides is 1. The molecule has 1 aromatic carbocycles. The third kappa shape index (κ3) is 2.36. The van der Waals surface area contributed by atoms with Gasteiger partial charge in [0.2, 0.25) is 0 Å². The maximum absolute atomic E-state index is 4.86. The van der Waals surface area contributed by atoms with Crippen molar-refractivity contribution in [3.05, 3.63) is 35.9 Å². The lowest BCUT2D eigenvalue weighted by molar-refractivity contribution is 0.837. The molecule has 0 spiro atoms. The summed E-state index contributed by atoms with van der Waals surface area (Å²) in [6.07, 6.45) is 0. The first kappa shape index (κ1) is 12.3. The molecule has 3 rings (SSSR count). The van der Waals surface area contributed by atoms with Crippen LogP contribution in [0.5, 0.6) is 0 Å². The minimum Gasteiger partial charge on any atom is -0.355 e. The molecule has 1 aliphatic heterocycles. The Morgan fingerprint density at radius 1 is 1.22 bits per heavy atom. The largest absolute Gasteiger partial charge is 0.355 e. The van der Waals surface area contributed by atoms with Crippen LogP contribution in [-0.2, 0) is 5.33 Å². The Labute approximate surface area is 120 Å². The minimum absolute atomic E-state index is 0.865. The zero-order valence-electron chi connectivity index (χ0n) is 10.1. The molecule has 2 heterocycles. The Balaban J connectivity index is 2.08. The van der Waals surface area contributed by atoms with E-state index < -0.39 is 0 Å². The molecule has 4 heteroatoms. The number of hydrogen-bond acceptors (Lipinski definition) is 3. The Kier molecular flexibility index (Phi) is 3.75. The zero-order valence-corrected chi connectivity index (χ0v) is 12.5. The fourth-order valence-corrected chi connectivity index (χ4v) is 3.61. The number of pyridine rings is 1. The molecular weight excluding hydrogens is 308 g/mol. The highest BCUT2D eigenvalue weighted by Gasteiger charge is 2.16. The normalized spacial score (nSPS) is 16.2. The molecule has 94 valence electrons. The lowest BCUT2D eigenvalue weighted by atomic mass is 10.1. The van der Waals surface area contributed by atoms with E-state index in [1.165, 1.54) is 22.5 Å². The molecule has 0 N–H and O–H groups in total. The van der Waals surface area contributed by atoms with E-state index in [9.17, 15) is 0 Å². The fraction of sp³-hybridized carbons (Fsp3) is 0.357. The smallest absolute Gasteiger partial charge is 0.133 e. The van der Waals surface area contributed by atoms with Gasteiger partial charge in [0.15, 0.2) is 0 Å². The molecule has 0 amide bonds. The van der Waals surface area contributed by atoms with E-state index in [0.717, 1.165) is 29.8 Å². The third-order valence-electron chi connectivity index (χ3n) is 3.23. The number of hydrogen-bond donors (Lipinski definition) is 0. The van der Waals surface area contributed by atoms with Crippen LogP contribution < -0.4 is 4.90 Å². The van der Waals surface area contributed by atoms with Crippen molar-refractivity contribution in [3.8, 4) is 0 Å². The van der Waals surface area contributed by atoms with Crippen molar-refractivity contribution in [1.82, 2.24) is 4.98 Å². The monoisotopic (exact) mass is 322 g/mol. The number of thioether (sulfide) groups is 1. The van der Waals surface area contributed by atoms with Crippen molar-refractivity contribution in [2.24, 2.45) is 0 Å². The number of aromatic nitrogens is 1. The molecule has 1 saturated heterocycles. The van der Waals surface area contributed by atoms with Crippen LogP contribution in [0.1, 0.15) is 5.56 Å². The molecule has 0 atom stereocenters. The number of benzene rings is 1. The zero-order chi connectivity index (χ0) is 12.4. The predicted molar refractivity (Wildman–Crippen MR) is 83.9 cm³/mol. The van der Waals surface area contributed by atoms with Crippen LogP contribution in [-0.4, -0.2) is 29.6 Å². The van der Waals surface area contributed by atoms with Gasteiger partial charge in [-0.2, -0.15) is 11.8 Å². The number of anilines is 1. The number of halogens is 1. The minimum atomic E-state index is 0.865. The van der Waals surface area contributed by atoms with Gasteiger partial charge in [-0.3, -0.25) is 0 Å². The van der Waals surface area contributed by atoms with E-state index >= 15 is 0 Å². The standard InChI is InChI=1S/C14H15BrN2S/c15-10-12-9-11-3-1-2-4-13(11)16-14(12)17-5-7-18-8-6-17/h1-4,9H,5-8,10H2. The number of rotatable bonds is 2. The van der Waals surface area contributed by atoms with Gasteiger partial charge in [-0.25, -0.2) is 4.98 Å². The highest BCUT2D eigenvalue weighted by Crippen LogP contribution is 2.27. The van der Waals surface area contributed by atoms with Crippen LogP contribution in [0.15, 0.2) is 30.3 Å². The molecule has 2 nitrogen and oxygen atoms in total. The summed E-state index contributed by atoms with van der Waals surface area (Å²) >= 11 is 5.62. The summed E-state index contributed by atoms with van der Waals surface area (Å²) in [5, 5.41) is 2.09. The summed E-state index contributed by atoms with van der Waals surface area (Å²) in [4.78, 5) is 7.27. The number of nitrogens with zero attached hydrogens (tertiary/aromatic N) is 2. The SMILES string of the molecule is BrCc1cc2ccccc2nc1N1CCSCC1. The second kappa shape index (κ2) is 5.49. The van der Waals surface area contributed by atoms with Crippen LogP contribution in [0.25, 0.3) is 10.9 Å². The van der Waals surface area contributed by atoms with Crippen molar-refractivity contribution in [1.29, 1.82) is 0 Å². The van der Waals surface area contributed by atoms with E-state index in [1.54, 1.807) is 0 Å². The van der Waals surface area contributed by atoms with Crippen LogP contribution in [0.3, 0.4) is 0 Å².